The Kier molecular flexibility index (Phi) is 4.37. The summed E-state index contributed by atoms with van der Waals surface area (Å²) in [4.78, 5) is 22.4. The lowest BCUT2D eigenvalue weighted by Gasteiger charge is -2.06. The molecule has 1 N–H and O–H groups in total. The molecule has 20 heavy (non-hydrogen) atoms. The predicted octanol–water partition coefficient (Wildman–Crippen LogP) is 3.59. The van der Waals surface area contributed by atoms with Crippen LogP contribution in [0.5, 0.6) is 0 Å². The number of carboxylic acids is 1. The lowest BCUT2D eigenvalue weighted by atomic mass is 10.1. The van der Waals surface area contributed by atoms with Crippen LogP contribution < -0.4 is 0 Å². The van der Waals surface area contributed by atoms with Crippen LogP contribution in [-0.4, -0.2) is 16.0 Å². The van der Waals surface area contributed by atoms with E-state index in [-0.39, 0.29) is 11.3 Å². The minimum Gasteiger partial charge on any atom is -0.477 e. The third-order valence-electron chi connectivity index (χ3n) is 2.68. The van der Waals surface area contributed by atoms with E-state index >= 15 is 0 Å². The average Bonchev–Trinajstić information content (AvgIpc) is 2.45. The summed E-state index contributed by atoms with van der Waals surface area (Å²) in [7, 11) is 0. The van der Waals surface area contributed by atoms with E-state index < -0.39 is 10.9 Å². The molecular weight excluding hydrogens is 278 g/mol. The van der Waals surface area contributed by atoms with E-state index in [0.717, 1.165) is 4.90 Å². The van der Waals surface area contributed by atoms with E-state index in [1.54, 1.807) is 6.07 Å². The second kappa shape index (κ2) is 6.21. The fourth-order valence-electron chi connectivity index (χ4n) is 1.78. The molecule has 0 heterocycles. The maximum absolute atomic E-state index is 11.2. The third kappa shape index (κ3) is 3.16. The summed E-state index contributed by atoms with van der Waals surface area (Å²) in [6, 6.07) is 13.8. The molecule has 5 nitrogen and oxygen atoms in total. The molecule has 0 fully saturated rings. The molecule has 0 saturated carbocycles. The van der Waals surface area contributed by atoms with Crippen LogP contribution in [0.25, 0.3) is 0 Å². The van der Waals surface area contributed by atoms with Crippen LogP contribution in [0.1, 0.15) is 15.9 Å². The molecule has 0 atom stereocenters. The summed E-state index contributed by atoms with van der Waals surface area (Å²) in [5, 5.41) is 20.1. The van der Waals surface area contributed by atoms with Gasteiger partial charge in [0.05, 0.1) is 4.92 Å². The molecule has 6 heteroatoms. The van der Waals surface area contributed by atoms with Crippen LogP contribution in [0.4, 0.5) is 5.69 Å². The highest BCUT2D eigenvalue weighted by Crippen LogP contribution is 2.28. The molecule has 0 bridgehead atoms. The van der Waals surface area contributed by atoms with Gasteiger partial charge in [-0.05, 0) is 17.7 Å². The highest BCUT2D eigenvalue weighted by Gasteiger charge is 2.23. The topological polar surface area (TPSA) is 80.4 Å². The quantitative estimate of drug-likeness (QED) is 0.517. The lowest BCUT2D eigenvalue weighted by molar-refractivity contribution is -0.385. The van der Waals surface area contributed by atoms with Gasteiger partial charge in [0.25, 0.3) is 5.69 Å². The van der Waals surface area contributed by atoms with E-state index in [1.807, 2.05) is 30.3 Å². The Morgan fingerprint density at radius 1 is 1.15 bits per heavy atom. The molecule has 0 aliphatic heterocycles. The van der Waals surface area contributed by atoms with Crippen LogP contribution in [0.2, 0.25) is 0 Å². The standard InChI is InChI=1S/C14H11NO4S/c16-14(17)13-10(5-4-8-12(13)15(18)19)9-20-11-6-2-1-3-7-11/h1-8H,9H2,(H,16,17). The maximum Gasteiger partial charge on any atom is 0.343 e. The van der Waals surface area contributed by atoms with Gasteiger partial charge in [-0.1, -0.05) is 30.3 Å². The molecule has 0 spiro atoms. The summed E-state index contributed by atoms with van der Waals surface area (Å²) in [6.07, 6.45) is 0. The van der Waals surface area contributed by atoms with E-state index in [0.29, 0.717) is 11.3 Å². The van der Waals surface area contributed by atoms with Gasteiger partial charge in [0.1, 0.15) is 5.56 Å². The van der Waals surface area contributed by atoms with Crippen LogP contribution in [0.15, 0.2) is 53.4 Å². The molecule has 0 aliphatic carbocycles. The highest BCUT2D eigenvalue weighted by atomic mass is 32.2. The van der Waals surface area contributed by atoms with Gasteiger partial charge in [0, 0.05) is 16.7 Å². The van der Waals surface area contributed by atoms with Gasteiger partial charge in [-0.3, -0.25) is 10.1 Å². The second-order valence-electron chi connectivity index (χ2n) is 3.98. The van der Waals surface area contributed by atoms with Gasteiger partial charge in [0.2, 0.25) is 0 Å². The van der Waals surface area contributed by atoms with Gasteiger partial charge < -0.3 is 5.11 Å². The summed E-state index contributed by atoms with van der Waals surface area (Å²) in [6.45, 7) is 0. The zero-order chi connectivity index (χ0) is 14.5. The normalized spacial score (nSPS) is 10.2. The van der Waals surface area contributed by atoms with Crippen molar-refractivity contribution in [2.24, 2.45) is 0 Å². The van der Waals surface area contributed by atoms with E-state index in [1.165, 1.54) is 23.9 Å². The number of thioether (sulfide) groups is 1. The predicted molar refractivity (Wildman–Crippen MR) is 76.1 cm³/mol. The Bertz CT molecular complexity index is 643. The van der Waals surface area contributed by atoms with Crippen molar-refractivity contribution < 1.29 is 14.8 Å². The Morgan fingerprint density at radius 2 is 1.85 bits per heavy atom. The van der Waals surface area contributed by atoms with Crippen molar-refractivity contribution in [3.05, 3.63) is 69.8 Å². The number of carboxylic acid groups (broad SMARTS) is 1. The fraction of sp³-hybridized carbons (Fsp3) is 0.0714. The first-order valence-electron chi connectivity index (χ1n) is 5.77. The summed E-state index contributed by atoms with van der Waals surface area (Å²) >= 11 is 1.44. The van der Waals surface area contributed by atoms with Gasteiger partial charge in [0.15, 0.2) is 0 Å². The zero-order valence-corrected chi connectivity index (χ0v) is 11.2. The molecule has 0 aliphatic rings. The monoisotopic (exact) mass is 289 g/mol. The van der Waals surface area contributed by atoms with Gasteiger partial charge in [-0.2, -0.15) is 0 Å². The number of hydrogen-bond donors (Lipinski definition) is 1. The van der Waals surface area contributed by atoms with Crippen molar-refractivity contribution in [2.45, 2.75) is 10.6 Å². The van der Waals surface area contributed by atoms with Crippen molar-refractivity contribution in [3.8, 4) is 0 Å². The van der Waals surface area contributed by atoms with Crippen molar-refractivity contribution in [1.82, 2.24) is 0 Å². The Hall–Kier alpha value is -2.34. The summed E-state index contributed by atoms with van der Waals surface area (Å²) in [5.41, 5.74) is -0.162. The van der Waals surface area contributed by atoms with E-state index in [4.69, 9.17) is 0 Å². The van der Waals surface area contributed by atoms with Crippen molar-refractivity contribution >= 4 is 23.4 Å². The largest absolute Gasteiger partial charge is 0.477 e. The van der Waals surface area contributed by atoms with Crippen molar-refractivity contribution in [2.75, 3.05) is 0 Å². The minimum absolute atomic E-state index is 0.235. The van der Waals surface area contributed by atoms with Crippen molar-refractivity contribution in [3.63, 3.8) is 0 Å². The molecular formula is C14H11NO4S. The molecule has 0 unspecified atom stereocenters. The maximum atomic E-state index is 11.2. The third-order valence-corrected chi connectivity index (χ3v) is 3.74. The highest BCUT2D eigenvalue weighted by molar-refractivity contribution is 7.98. The summed E-state index contributed by atoms with van der Waals surface area (Å²) in [5.74, 6) is -0.909. The number of benzene rings is 2. The first-order valence-corrected chi connectivity index (χ1v) is 6.75. The molecule has 2 aromatic carbocycles. The van der Waals surface area contributed by atoms with E-state index in [9.17, 15) is 20.0 Å². The van der Waals surface area contributed by atoms with Crippen LogP contribution in [-0.2, 0) is 5.75 Å². The smallest absolute Gasteiger partial charge is 0.343 e. The number of nitro benzene ring substituents is 1. The molecule has 102 valence electrons. The SMILES string of the molecule is O=C(O)c1c(CSc2ccccc2)cccc1[N+](=O)[O-]. The zero-order valence-electron chi connectivity index (χ0n) is 10.4. The Labute approximate surface area is 119 Å². The number of hydrogen-bond acceptors (Lipinski definition) is 4. The summed E-state index contributed by atoms with van der Waals surface area (Å²) < 4.78 is 0. The second-order valence-corrected chi connectivity index (χ2v) is 5.02. The molecule has 2 aromatic rings. The van der Waals surface area contributed by atoms with Crippen LogP contribution in [0, 0.1) is 10.1 Å². The Morgan fingerprint density at radius 3 is 2.45 bits per heavy atom. The number of nitrogens with zero attached hydrogens (tertiary/aromatic N) is 1. The molecule has 0 aromatic heterocycles. The average molecular weight is 289 g/mol. The number of nitro groups is 1. The fourth-order valence-corrected chi connectivity index (χ4v) is 2.70. The minimum atomic E-state index is -1.28. The molecule has 0 saturated heterocycles. The Balaban J connectivity index is 2.30. The van der Waals surface area contributed by atoms with Crippen molar-refractivity contribution in [1.29, 1.82) is 0 Å². The number of rotatable bonds is 5. The number of carbonyl (C=O) groups is 1. The van der Waals surface area contributed by atoms with Gasteiger partial charge >= 0.3 is 5.97 Å². The van der Waals surface area contributed by atoms with Gasteiger partial charge in [-0.15, -0.1) is 11.8 Å². The first kappa shape index (κ1) is 14.1. The molecule has 0 amide bonds. The lowest BCUT2D eigenvalue weighted by Crippen LogP contribution is -2.06. The van der Waals surface area contributed by atoms with E-state index in [2.05, 4.69) is 0 Å². The first-order chi connectivity index (χ1) is 9.59. The number of aromatic carboxylic acids is 1. The van der Waals surface area contributed by atoms with Crippen LogP contribution in [0.3, 0.4) is 0 Å². The molecule has 2 rings (SSSR count). The molecule has 0 radical (unpaired) electrons. The van der Waals surface area contributed by atoms with Gasteiger partial charge in [-0.25, -0.2) is 4.79 Å². The van der Waals surface area contributed by atoms with Crippen LogP contribution >= 0.6 is 11.8 Å².